The van der Waals surface area contributed by atoms with Crippen molar-refractivity contribution < 1.29 is 18.0 Å². The van der Waals surface area contributed by atoms with E-state index in [-0.39, 0.29) is 22.9 Å². The smallest absolute Gasteiger partial charge is 0.280 e. The van der Waals surface area contributed by atoms with Gasteiger partial charge in [0.2, 0.25) is 0 Å². The van der Waals surface area contributed by atoms with Crippen LogP contribution in [0.15, 0.2) is 41.0 Å². The summed E-state index contributed by atoms with van der Waals surface area (Å²) in [5.41, 5.74) is 1.06. The summed E-state index contributed by atoms with van der Waals surface area (Å²) in [6.45, 7) is 1.92. The van der Waals surface area contributed by atoms with Gasteiger partial charge in [-0.1, -0.05) is 11.3 Å². The molecule has 138 valence electrons. The summed E-state index contributed by atoms with van der Waals surface area (Å²) in [7, 11) is 1.73. The number of nitrogens with zero attached hydrogens (tertiary/aromatic N) is 4. The molecule has 0 aliphatic carbocycles. The van der Waals surface area contributed by atoms with Gasteiger partial charge in [0.1, 0.15) is 17.1 Å². The number of rotatable bonds is 4. The lowest BCUT2D eigenvalue weighted by Crippen LogP contribution is -2.30. The number of anilines is 1. The minimum atomic E-state index is -0.772. The molecule has 0 saturated heterocycles. The Hall–Kier alpha value is -3.07. The minimum absolute atomic E-state index is 0.0193. The number of amides is 1. The summed E-state index contributed by atoms with van der Waals surface area (Å²) in [5, 5.41) is 4.44. The van der Waals surface area contributed by atoms with Gasteiger partial charge in [0.15, 0.2) is 16.6 Å². The van der Waals surface area contributed by atoms with Gasteiger partial charge >= 0.3 is 0 Å². The first kappa shape index (κ1) is 17.3. The van der Waals surface area contributed by atoms with Crippen molar-refractivity contribution in [3.05, 3.63) is 65.4 Å². The van der Waals surface area contributed by atoms with E-state index in [9.17, 15) is 13.6 Å². The Morgan fingerprint density at radius 2 is 2.15 bits per heavy atom. The van der Waals surface area contributed by atoms with Crippen LogP contribution < -0.4 is 4.90 Å². The van der Waals surface area contributed by atoms with E-state index < -0.39 is 17.5 Å². The number of furan rings is 1. The van der Waals surface area contributed by atoms with Crippen molar-refractivity contribution >= 4 is 32.6 Å². The van der Waals surface area contributed by atoms with E-state index in [1.165, 1.54) is 17.2 Å². The molecular weight excluding hydrogens is 374 g/mol. The number of halogens is 2. The van der Waals surface area contributed by atoms with E-state index in [4.69, 9.17) is 4.42 Å². The molecule has 0 radical (unpaired) electrons. The summed E-state index contributed by atoms with van der Waals surface area (Å²) in [5.74, 6) is -1.34. The third kappa shape index (κ3) is 3.21. The van der Waals surface area contributed by atoms with E-state index in [0.717, 1.165) is 23.1 Å². The lowest BCUT2D eigenvalue weighted by atomic mass is 10.3. The highest BCUT2D eigenvalue weighted by Crippen LogP contribution is 2.32. The fourth-order valence-electron chi connectivity index (χ4n) is 2.65. The van der Waals surface area contributed by atoms with Crippen LogP contribution in [0.25, 0.3) is 10.2 Å². The molecule has 0 N–H and O–H groups in total. The van der Waals surface area contributed by atoms with Gasteiger partial charge in [0.25, 0.3) is 5.91 Å². The highest BCUT2D eigenvalue weighted by Gasteiger charge is 2.25. The topological polar surface area (TPSA) is 64.2 Å². The van der Waals surface area contributed by atoms with Crippen LogP contribution in [0.2, 0.25) is 0 Å². The van der Waals surface area contributed by atoms with E-state index in [1.54, 1.807) is 29.9 Å². The fourth-order valence-corrected chi connectivity index (χ4v) is 3.65. The van der Waals surface area contributed by atoms with E-state index in [1.807, 2.05) is 6.92 Å². The lowest BCUT2D eigenvalue weighted by Gasteiger charge is -2.17. The van der Waals surface area contributed by atoms with Crippen molar-refractivity contribution in [2.45, 2.75) is 13.5 Å². The van der Waals surface area contributed by atoms with Gasteiger partial charge in [0.05, 0.1) is 17.5 Å². The number of aromatic nitrogens is 3. The first-order chi connectivity index (χ1) is 12.9. The molecule has 0 fully saturated rings. The zero-order valence-corrected chi connectivity index (χ0v) is 15.3. The lowest BCUT2D eigenvalue weighted by molar-refractivity contribution is 0.0977. The molecule has 0 saturated carbocycles. The van der Waals surface area contributed by atoms with E-state index >= 15 is 0 Å². The Bertz CT molecular complexity index is 1110. The van der Waals surface area contributed by atoms with E-state index in [2.05, 4.69) is 10.1 Å². The Morgan fingerprint density at radius 1 is 1.33 bits per heavy atom. The maximum Gasteiger partial charge on any atom is 0.280 e. The average Bonchev–Trinajstić information content (AvgIpc) is 3.33. The number of aryl methyl sites for hydroxylation is 2. The molecule has 0 aliphatic heterocycles. The van der Waals surface area contributed by atoms with Crippen LogP contribution in [0.3, 0.4) is 0 Å². The zero-order chi connectivity index (χ0) is 19.1. The average molecular weight is 388 g/mol. The van der Waals surface area contributed by atoms with Crippen LogP contribution in [0.5, 0.6) is 0 Å². The zero-order valence-electron chi connectivity index (χ0n) is 14.4. The second kappa shape index (κ2) is 6.58. The minimum Gasteiger partial charge on any atom is -0.467 e. The third-order valence-electron chi connectivity index (χ3n) is 4.10. The number of fused-ring (bicyclic) bond motifs is 1. The molecule has 0 atom stereocenters. The predicted octanol–water partition coefficient (Wildman–Crippen LogP) is 4.06. The first-order valence-corrected chi connectivity index (χ1v) is 8.84. The third-order valence-corrected chi connectivity index (χ3v) is 5.13. The second-order valence-electron chi connectivity index (χ2n) is 6.00. The maximum absolute atomic E-state index is 14.0. The molecule has 1 amide bonds. The summed E-state index contributed by atoms with van der Waals surface area (Å²) in [6.07, 6.45) is 1.50. The van der Waals surface area contributed by atoms with Crippen LogP contribution in [0.4, 0.5) is 13.9 Å². The Labute approximate surface area is 156 Å². The van der Waals surface area contributed by atoms with Crippen molar-refractivity contribution in [1.82, 2.24) is 14.8 Å². The molecule has 0 aliphatic rings. The Morgan fingerprint density at radius 3 is 2.81 bits per heavy atom. The molecule has 4 rings (SSSR count). The molecule has 3 heterocycles. The fraction of sp³-hybridized carbons (Fsp3) is 0.167. The molecule has 0 bridgehead atoms. The SMILES string of the molecule is Cc1cc(C(=O)N(Cc2ccco2)c2nc3c(F)cc(F)cc3s2)nn1C. The highest BCUT2D eigenvalue weighted by atomic mass is 32.1. The molecule has 0 spiro atoms. The molecular formula is C18H14F2N4O2S. The van der Waals surface area contributed by atoms with Gasteiger partial charge in [-0.05, 0) is 31.2 Å². The number of hydrogen-bond acceptors (Lipinski definition) is 5. The summed E-state index contributed by atoms with van der Waals surface area (Å²) in [6, 6.07) is 7.05. The van der Waals surface area contributed by atoms with Crippen molar-refractivity contribution in [2.75, 3.05) is 4.90 Å². The molecule has 3 aromatic heterocycles. The first-order valence-electron chi connectivity index (χ1n) is 8.03. The normalized spacial score (nSPS) is 11.3. The van der Waals surface area contributed by atoms with Crippen molar-refractivity contribution in [1.29, 1.82) is 0 Å². The van der Waals surface area contributed by atoms with E-state index in [0.29, 0.717) is 10.5 Å². The van der Waals surface area contributed by atoms with Crippen LogP contribution >= 0.6 is 11.3 Å². The van der Waals surface area contributed by atoms with Gasteiger partial charge < -0.3 is 4.42 Å². The van der Waals surface area contributed by atoms with Crippen LogP contribution in [0, 0.1) is 18.6 Å². The highest BCUT2D eigenvalue weighted by molar-refractivity contribution is 7.22. The van der Waals surface area contributed by atoms with Gasteiger partial charge in [-0.15, -0.1) is 0 Å². The number of hydrogen-bond donors (Lipinski definition) is 0. The van der Waals surface area contributed by atoms with Crippen LogP contribution in [-0.2, 0) is 13.6 Å². The van der Waals surface area contributed by atoms with Gasteiger partial charge in [-0.25, -0.2) is 13.8 Å². The number of carbonyl (C=O) groups is 1. The molecule has 1 aromatic carbocycles. The number of carbonyl (C=O) groups excluding carboxylic acids is 1. The van der Waals surface area contributed by atoms with Gasteiger partial charge in [-0.3, -0.25) is 14.4 Å². The Kier molecular flexibility index (Phi) is 4.23. The quantitative estimate of drug-likeness (QED) is 0.529. The van der Waals surface area contributed by atoms with Gasteiger partial charge in [-0.2, -0.15) is 5.10 Å². The summed E-state index contributed by atoms with van der Waals surface area (Å²) < 4.78 is 34.8. The van der Waals surface area contributed by atoms with Crippen molar-refractivity contribution in [3.63, 3.8) is 0 Å². The van der Waals surface area contributed by atoms with Crippen LogP contribution in [0.1, 0.15) is 21.9 Å². The summed E-state index contributed by atoms with van der Waals surface area (Å²) >= 11 is 1.03. The molecule has 6 nitrogen and oxygen atoms in total. The molecule has 0 unspecified atom stereocenters. The number of benzene rings is 1. The molecule has 27 heavy (non-hydrogen) atoms. The van der Waals surface area contributed by atoms with Crippen molar-refractivity contribution in [3.8, 4) is 0 Å². The largest absolute Gasteiger partial charge is 0.467 e. The standard InChI is InChI=1S/C18H14F2N4O2S/c1-10-6-14(22-23(10)2)17(25)24(9-12-4-3-5-26-12)18-21-16-13(20)7-11(19)8-15(16)27-18/h3-8H,9H2,1-2H3. The predicted molar refractivity (Wildman–Crippen MR) is 96.7 cm³/mol. The van der Waals surface area contributed by atoms with Gasteiger partial charge in [0, 0.05) is 18.8 Å². The summed E-state index contributed by atoms with van der Waals surface area (Å²) in [4.78, 5) is 18.6. The second-order valence-corrected chi connectivity index (χ2v) is 7.01. The molecule has 9 heteroatoms. The van der Waals surface area contributed by atoms with Crippen molar-refractivity contribution in [2.24, 2.45) is 7.05 Å². The number of thiazole rings is 1. The Balaban J connectivity index is 1.80. The maximum atomic E-state index is 14.0. The molecule has 4 aromatic rings. The van der Waals surface area contributed by atoms with Crippen LogP contribution in [-0.4, -0.2) is 20.7 Å². The monoisotopic (exact) mass is 388 g/mol.